The van der Waals surface area contributed by atoms with E-state index in [0.717, 1.165) is 42.1 Å². The lowest BCUT2D eigenvalue weighted by atomic mass is 10.1. The van der Waals surface area contributed by atoms with Crippen LogP contribution in [0.1, 0.15) is 18.7 Å². The molecule has 134 valence electrons. The maximum Gasteiger partial charge on any atom is 0.223 e. The zero-order valence-corrected chi connectivity index (χ0v) is 14.8. The average Bonchev–Trinajstić information content (AvgIpc) is 3.31. The minimum absolute atomic E-state index is 0.201. The molecule has 1 aliphatic rings. The van der Waals surface area contributed by atoms with E-state index >= 15 is 0 Å². The van der Waals surface area contributed by atoms with Crippen molar-refractivity contribution in [2.24, 2.45) is 11.7 Å². The van der Waals surface area contributed by atoms with Crippen LogP contribution in [0.4, 0.5) is 0 Å². The van der Waals surface area contributed by atoms with Gasteiger partial charge in [-0.1, -0.05) is 30.3 Å². The summed E-state index contributed by atoms with van der Waals surface area (Å²) in [6.07, 6.45) is 2.13. The monoisotopic (exact) mass is 348 g/mol. The maximum atomic E-state index is 12.6. The summed E-state index contributed by atoms with van der Waals surface area (Å²) in [5.41, 5.74) is 8.85. The van der Waals surface area contributed by atoms with Gasteiger partial charge in [0.15, 0.2) is 0 Å². The van der Waals surface area contributed by atoms with Crippen molar-refractivity contribution in [3.63, 3.8) is 0 Å². The first-order chi connectivity index (χ1) is 12.8. The first kappa shape index (κ1) is 16.8. The van der Waals surface area contributed by atoms with Crippen LogP contribution in [0, 0.1) is 5.92 Å². The molecule has 3 aromatic rings. The molecule has 0 radical (unpaired) electrons. The third-order valence-electron chi connectivity index (χ3n) is 5.18. The topological polar surface area (TPSA) is 64.2 Å². The van der Waals surface area contributed by atoms with Crippen LogP contribution < -0.4 is 5.73 Å². The van der Waals surface area contributed by atoms with E-state index < -0.39 is 0 Å². The van der Waals surface area contributed by atoms with Gasteiger partial charge in [-0.3, -0.25) is 9.36 Å². The van der Waals surface area contributed by atoms with Crippen molar-refractivity contribution in [1.29, 1.82) is 0 Å². The van der Waals surface area contributed by atoms with E-state index in [0.29, 0.717) is 25.3 Å². The van der Waals surface area contributed by atoms with Crippen LogP contribution in [-0.4, -0.2) is 40.0 Å². The molecule has 1 atom stereocenters. The quantitative estimate of drug-likeness (QED) is 0.771. The summed E-state index contributed by atoms with van der Waals surface area (Å²) < 4.78 is 2.16. The van der Waals surface area contributed by atoms with Crippen LogP contribution in [0.15, 0.2) is 54.6 Å². The van der Waals surface area contributed by atoms with E-state index in [1.165, 1.54) is 0 Å². The van der Waals surface area contributed by atoms with E-state index in [2.05, 4.69) is 22.8 Å². The van der Waals surface area contributed by atoms with Gasteiger partial charge < -0.3 is 10.6 Å². The first-order valence-electron chi connectivity index (χ1n) is 9.26. The number of hydrogen-bond acceptors (Lipinski definition) is 3. The van der Waals surface area contributed by atoms with Gasteiger partial charge in [0.25, 0.3) is 0 Å². The Morgan fingerprint density at radius 3 is 2.65 bits per heavy atom. The van der Waals surface area contributed by atoms with Gasteiger partial charge in [-0.05, 0) is 43.1 Å². The van der Waals surface area contributed by atoms with Crippen LogP contribution in [0.25, 0.3) is 16.7 Å². The van der Waals surface area contributed by atoms with Crippen molar-refractivity contribution in [3.05, 3.63) is 60.4 Å². The molecule has 1 saturated heterocycles. The minimum Gasteiger partial charge on any atom is -0.342 e. The third kappa shape index (κ3) is 3.22. The third-order valence-corrected chi connectivity index (χ3v) is 5.18. The number of imidazole rings is 1. The van der Waals surface area contributed by atoms with Crippen molar-refractivity contribution < 1.29 is 4.79 Å². The molecular formula is C21H24N4O. The van der Waals surface area contributed by atoms with Gasteiger partial charge in [-0.2, -0.15) is 0 Å². The molecule has 1 fully saturated rings. The number of aromatic nitrogens is 2. The van der Waals surface area contributed by atoms with Gasteiger partial charge >= 0.3 is 0 Å². The predicted octanol–water partition coefficient (Wildman–Crippen LogP) is 2.77. The largest absolute Gasteiger partial charge is 0.342 e. The van der Waals surface area contributed by atoms with E-state index in [4.69, 9.17) is 10.7 Å². The van der Waals surface area contributed by atoms with Crippen LogP contribution >= 0.6 is 0 Å². The normalized spacial score (nSPS) is 17.1. The molecule has 5 nitrogen and oxygen atoms in total. The molecule has 4 rings (SSSR count). The number of carbonyl (C=O) groups is 1. The van der Waals surface area contributed by atoms with Crippen molar-refractivity contribution >= 4 is 16.9 Å². The highest BCUT2D eigenvalue weighted by atomic mass is 16.2. The number of fused-ring (bicyclic) bond motifs is 1. The van der Waals surface area contributed by atoms with Crippen LogP contribution in [0.2, 0.25) is 0 Å². The van der Waals surface area contributed by atoms with Gasteiger partial charge in [0.2, 0.25) is 5.91 Å². The second-order valence-corrected chi connectivity index (χ2v) is 6.92. The van der Waals surface area contributed by atoms with Crippen molar-refractivity contribution in [3.8, 4) is 5.69 Å². The summed E-state index contributed by atoms with van der Waals surface area (Å²) in [6, 6.07) is 18.3. The van der Waals surface area contributed by atoms with Crippen LogP contribution in [0.3, 0.4) is 0 Å². The van der Waals surface area contributed by atoms with Gasteiger partial charge in [0.1, 0.15) is 5.82 Å². The Morgan fingerprint density at radius 2 is 1.88 bits per heavy atom. The van der Waals surface area contributed by atoms with Crippen molar-refractivity contribution in [1.82, 2.24) is 14.5 Å². The highest BCUT2D eigenvalue weighted by Crippen LogP contribution is 2.23. The number of amides is 1. The molecular weight excluding hydrogens is 324 g/mol. The number of hydrogen-bond donors (Lipinski definition) is 1. The Hall–Kier alpha value is -2.66. The Morgan fingerprint density at radius 1 is 1.12 bits per heavy atom. The maximum absolute atomic E-state index is 12.6. The lowest BCUT2D eigenvalue weighted by Gasteiger charge is -2.16. The molecule has 5 heteroatoms. The summed E-state index contributed by atoms with van der Waals surface area (Å²) in [5, 5.41) is 0. The number of rotatable bonds is 5. The number of nitrogens with two attached hydrogens (primary N) is 1. The minimum atomic E-state index is 0.201. The lowest BCUT2D eigenvalue weighted by Crippen LogP contribution is -2.30. The number of nitrogens with zero attached hydrogens (tertiary/aromatic N) is 3. The number of carbonyl (C=O) groups excluding carboxylic acids is 1. The van der Waals surface area contributed by atoms with Gasteiger partial charge in [0, 0.05) is 31.6 Å². The van der Waals surface area contributed by atoms with Crippen LogP contribution in [0.5, 0.6) is 0 Å². The van der Waals surface area contributed by atoms with Crippen LogP contribution in [-0.2, 0) is 11.2 Å². The smallest absolute Gasteiger partial charge is 0.223 e. The molecule has 2 heterocycles. The Labute approximate surface area is 153 Å². The number of para-hydroxylation sites is 3. The molecule has 1 amide bonds. The molecule has 0 aliphatic carbocycles. The second kappa shape index (κ2) is 7.30. The summed E-state index contributed by atoms with van der Waals surface area (Å²) in [4.78, 5) is 19.3. The Balaban J connectivity index is 1.58. The standard InChI is InChI=1S/C21H24N4O/c22-14-16-12-13-24(15-16)21(26)11-10-20-23-18-8-4-5-9-19(18)25(20)17-6-2-1-3-7-17/h1-9,16H,10-15,22H2. The average molecular weight is 348 g/mol. The fourth-order valence-corrected chi connectivity index (χ4v) is 3.74. The van der Waals surface area contributed by atoms with Crippen molar-refractivity contribution in [2.45, 2.75) is 19.3 Å². The molecule has 1 aromatic heterocycles. The van der Waals surface area contributed by atoms with E-state index in [1.807, 2.05) is 41.3 Å². The van der Waals surface area contributed by atoms with E-state index in [-0.39, 0.29) is 5.91 Å². The Kier molecular flexibility index (Phi) is 4.71. The molecule has 0 spiro atoms. The van der Waals surface area contributed by atoms with Gasteiger partial charge in [-0.25, -0.2) is 4.98 Å². The molecule has 2 aromatic carbocycles. The number of aryl methyl sites for hydroxylation is 1. The van der Waals surface area contributed by atoms with Crippen molar-refractivity contribution in [2.75, 3.05) is 19.6 Å². The fraction of sp³-hybridized carbons (Fsp3) is 0.333. The highest BCUT2D eigenvalue weighted by molar-refractivity contribution is 5.79. The summed E-state index contributed by atoms with van der Waals surface area (Å²) in [6.45, 7) is 2.29. The van der Waals surface area contributed by atoms with E-state index in [9.17, 15) is 4.79 Å². The summed E-state index contributed by atoms with van der Waals surface area (Å²) >= 11 is 0. The molecule has 1 unspecified atom stereocenters. The zero-order chi connectivity index (χ0) is 17.9. The summed E-state index contributed by atoms with van der Waals surface area (Å²) in [5.74, 6) is 1.58. The molecule has 2 N–H and O–H groups in total. The molecule has 26 heavy (non-hydrogen) atoms. The molecule has 0 saturated carbocycles. The first-order valence-corrected chi connectivity index (χ1v) is 9.26. The lowest BCUT2D eigenvalue weighted by molar-refractivity contribution is -0.130. The predicted molar refractivity (Wildman–Crippen MR) is 103 cm³/mol. The fourth-order valence-electron chi connectivity index (χ4n) is 3.74. The Bertz CT molecular complexity index is 903. The SMILES string of the molecule is NCC1CCN(C(=O)CCc2nc3ccccc3n2-c2ccccc2)C1. The molecule has 0 bridgehead atoms. The van der Waals surface area contributed by atoms with E-state index in [1.54, 1.807) is 0 Å². The number of likely N-dealkylation sites (tertiary alicyclic amines) is 1. The summed E-state index contributed by atoms with van der Waals surface area (Å²) in [7, 11) is 0. The molecule has 1 aliphatic heterocycles. The van der Waals surface area contributed by atoms with Gasteiger partial charge in [0.05, 0.1) is 11.0 Å². The van der Waals surface area contributed by atoms with Gasteiger partial charge in [-0.15, -0.1) is 0 Å². The second-order valence-electron chi connectivity index (χ2n) is 6.92. The number of benzene rings is 2. The highest BCUT2D eigenvalue weighted by Gasteiger charge is 2.25. The zero-order valence-electron chi connectivity index (χ0n) is 14.8.